The van der Waals surface area contributed by atoms with Crippen molar-refractivity contribution in [1.82, 2.24) is 16.0 Å². The van der Waals surface area contributed by atoms with Crippen LogP contribution in [-0.2, 0) is 9.59 Å². The number of carbonyl (C=O) groups excluding carboxylic acids is 3. The van der Waals surface area contributed by atoms with Gasteiger partial charge in [-0.25, -0.2) is 4.39 Å². The van der Waals surface area contributed by atoms with Crippen molar-refractivity contribution in [3.8, 4) is 0 Å². The van der Waals surface area contributed by atoms with Crippen LogP contribution in [0.1, 0.15) is 10.4 Å². The van der Waals surface area contributed by atoms with Crippen LogP contribution in [0.4, 0.5) is 10.1 Å². The number of fused-ring (bicyclic) bond motifs is 1. The van der Waals surface area contributed by atoms with E-state index in [0.717, 1.165) is 28.6 Å². The highest BCUT2D eigenvalue weighted by atomic mass is 32.2. The highest BCUT2D eigenvalue weighted by molar-refractivity contribution is 8.00. The lowest BCUT2D eigenvalue weighted by molar-refractivity contribution is -0.125. The molecule has 0 aliphatic carbocycles. The van der Waals surface area contributed by atoms with Crippen molar-refractivity contribution in [2.45, 2.75) is 17.7 Å². The van der Waals surface area contributed by atoms with Crippen molar-refractivity contribution >= 4 is 45.9 Å². The van der Waals surface area contributed by atoms with E-state index in [1.54, 1.807) is 0 Å². The van der Waals surface area contributed by atoms with Gasteiger partial charge >= 0.3 is 0 Å². The average Bonchev–Trinajstić information content (AvgIpc) is 2.80. The molecule has 3 amide bonds. The minimum Gasteiger partial charge on any atom is -0.338 e. The number of hydrogen-bond donors (Lipinski definition) is 5. The zero-order valence-electron chi connectivity index (χ0n) is 17.4. The Kier molecular flexibility index (Phi) is 6.87. The number of carbonyl (C=O) groups is 3. The number of amides is 3. The van der Waals surface area contributed by atoms with E-state index in [-0.39, 0.29) is 17.2 Å². The Labute approximate surface area is 193 Å². The molecule has 0 radical (unpaired) electrons. The predicted octanol–water partition coefficient (Wildman–Crippen LogP) is 1.74. The van der Waals surface area contributed by atoms with Crippen LogP contribution < -0.4 is 27.0 Å². The summed E-state index contributed by atoms with van der Waals surface area (Å²) in [5, 5.41) is 12.9. The Morgan fingerprint density at radius 1 is 1.03 bits per heavy atom. The summed E-state index contributed by atoms with van der Waals surface area (Å²) >= 11 is 1.15. The monoisotopic (exact) mass is 467 g/mol. The van der Waals surface area contributed by atoms with E-state index < -0.39 is 35.3 Å². The minimum atomic E-state index is -1.10. The summed E-state index contributed by atoms with van der Waals surface area (Å²) in [5.41, 5.74) is 5.91. The van der Waals surface area contributed by atoms with Gasteiger partial charge in [0.25, 0.3) is 5.91 Å². The van der Waals surface area contributed by atoms with Crippen LogP contribution in [0.15, 0.2) is 66.7 Å². The van der Waals surface area contributed by atoms with Crippen LogP contribution >= 0.6 is 11.8 Å². The summed E-state index contributed by atoms with van der Waals surface area (Å²) in [6.45, 7) is 0. The van der Waals surface area contributed by atoms with Crippen LogP contribution in [-0.4, -0.2) is 41.2 Å². The Morgan fingerprint density at radius 3 is 2.55 bits per heavy atom. The van der Waals surface area contributed by atoms with Gasteiger partial charge in [-0.15, -0.1) is 11.8 Å². The lowest BCUT2D eigenvalue weighted by Gasteiger charge is -2.35. The second-order valence-corrected chi connectivity index (χ2v) is 8.49. The van der Waals surface area contributed by atoms with Gasteiger partial charge in [0.1, 0.15) is 17.4 Å². The first-order chi connectivity index (χ1) is 15.9. The van der Waals surface area contributed by atoms with Crippen molar-refractivity contribution in [3.05, 3.63) is 78.1 Å². The Bertz CT molecular complexity index is 1200. The molecule has 1 heterocycles. The smallest absolute Gasteiger partial charge is 0.254 e. The minimum absolute atomic E-state index is 0.0557. The zero-order valence-corrected chi connectivity index (χ0v) is 18.2. The number of nitrogens with two attached hydrogens (primary N) is 1. The number of thioether (sulfide) groups is 1. The van der Waals surface area contributed by atoms with Crippen LogP contribution in [0.25, 0.3) is 10.8 Å². The summed E-state index contributed by atoms with van der Waals surface area (Å²) in [5.74, 6) is -2.15. The maximum Gasteiger partial charge on any atom is 0.254 e. The number of halogens is 1. The van der Waals surface area contributed by atoms with Crippen LogP contribution in [0.2, 0.25) is 0 Å². The molecule has 0 bridgehead atoms. The molecule has 1 aliphatic rings. The Hall–Kier alpha value is -3.47. The fourth-order valence-corrected chi connectivity index (χ4v) is 4.33. The van der Waals surface area contributed by atoms with Gasteiger partial charge in [0.2, 0.25) is 11.8 Å². The number of hydrogen-bond acceptors (Lipinski definition) is 6. The maximum atomic E-state index is 13.8. The quantitative estimate of drug-likeness (QED) is 0.376. The summed E-state index contributed by atoms with van der Waals surface area (Å²) in [6.07, 6.45) is -0.923. The van der Waals surface area contributed by atoms with Gasteiger partial charge in [0.15, 0.2) is 0 Å². The van der Waals surface area contributed by atoms with Gasteiger partial charge < -0.3 is 21.7 Å². The average molecular weight is 468 g/mol. The fraction of sp³-hybridized carbons (Fsp3) is 0.174. The molecule has 33 heavy (non-hydrogen) atoms. The van der Waals surface area contributed by atoms with E-state index in [4.69, 9.17) is 5.73 Å². The first kappa shape index (κ1) is 22.7. The third-order valence-corrected chi connectivity index (χ3v) is 6.12. The number of anilines is 1. The van der Waals surface area contributed by atoms with E-state index >= 15 is 0 Å². The molecular formula is C23H22FN5O3S. The molecule has 3 unspecified atom stereocenters. The van der Waals surface area contributed by atoms with Gasteiger partial charge in [-0.1, -0.05) is 48.5 Å². The van der Waals surface area contributed by atoms with Gasteiger partial charge in [0, 0.05) is 11.1 Å². The van der Waals surface area contributed by atoms with Crippen molar-refractivity contribution < 1.29 is 18.8 Å². The largest absolute Gasteiger partial charge is 0.338 e. The molecular weight excluding hydrogens is 445 g/mol. The van der Waals surface area contributed by atoms with Crippen LogP contribution in [0.3, 0.4) is 0 Å². The van der Waals surface area contributed by atoms with E-state index in [1.807, 2.05) is 42.5 Å². The molecule has 1 fully saturated rings. The van der Waals surface area contributed by atoms with Crippen LogP contribution in [0.5, 0.6) is 0 Å². The van der Waals surface area contributed by atoms with Crippen molar-refractivity contribution in [3.63, 3.8) is 0 Å². The number of benzene rings is 3. The molecule has 3 atom stereocenters. The van der Waals surface area contributed by atoms with Gasteiger partial charge in [-0.3, -0.25) is 19.7 Å². The predicted molar refractivity (Wildman–Crippen MR) is 126 cm³/mol. The summed E-state index contributed by atoms with van der Waals surface area (Å²) in [6, 6.07) is 17.7. The standard InChI is InChI=1S/C23H22FN5O3S/c24-16-10-4-3-9-15(16)21(31)27-19-20(25)28-23(29-22(19)32)33-12-18(30)26-17-11-5-7-13-6-1-2-8-14(13)17/h1-11,19-20,23,28H,12,25H2,(H,26,30)(H,27,31)(H,29,32). The molecule has 10 heteroatoms. The molecule has 8 nitrogen and oxygen atoms in total. The van der Waals surface area contributed by atoms with Crippen molar-refractivity contribution in [2.24, 2.45) is 5.73 Å². The van der Waals surface area contributed by atoms with Crippen molar-refractivity contribution in [2.75, 3.05) is 11.1 Å². The van der Waals surface area contributed by atoms with E-state index in [2.05, 4.69) is 21.3 Å². The molecule has 0 aromatic heterocycles. The normalized spacial score (nSPS) is 20.2. The first-order valence-corrected chi connectivity index (χ1v) is 11.2. The van der Waals surface area contributed by atoms with E-state index in [1.165, 1.54) is 18.2 Å². The van der Waals surface area contributed by atoms with Crippen LogP contribution in [0, 0.1) is 5.82 Å². The molecule has 3 aromatic carbocycles. The first-order valence-electron chi connectivity index (χ1n) is 10.2. The van der Waals surface area contributed by atoms with E-state index in [0.29, 0.717) is 5.69 Å². The Balaban J connectivity index is 1.31. The summed E-state index contributed by atoms with van der Waals surface area (Å²) in [4.78, 5) is 37.3. The second kappa shape index (κ2) is 9.99. The highest BCUT2D eigenvalue weighted by Crippen LogP contribution is 2.23. The van der Waals surface area contributed by atoms with Crippen molar-refractivity contribution in [1.29, 1.82) is 0 Å². The van der Waals surface area contributed by atoms with E-state index in [9.17, 15) is 18.8 Å². The molecule has 0 saturated carbocycles. The molecule has 170 valence electrons. The lowest BCUT2D eigenvalue weighted by atomic mass is 10.1. The zero-order chi connectivity index (χ0) is 23.4. The molecule has 4 rings (SSSR count). The topological polar surface area (TPSA) is 125 Å². The molecule has 0 spiro atoms. The fourth-order valence-electron chi connectivity index (χ4n) is 3.48. The maximum absolute atomic E-state index is 13.8. The lowest BCUT2D eigenvalue weighted by Crippen LogP contribution is -2.70. The van der Waals surface area contributed by atoms with Gasteiger partial charge in [-0.2, -0.15) is 0 Å². The molecule has 1 aliphatic heterocycles. The molecule has 1 saturated heterocycles. The third kappa shape index (κ3) is 5.30. The highest BCUT2D eigenvalue weighted by Gasteiger charge is 2.35. The SMILES string of the molecule is NC1NC(SCC(=O)Nc2cccc3ccccc23)NC(=O)C1NC(=O)c1ccccc1F. The Morgan fingerprint density at radius 2 is 1.76 bits per heavy atom. The number of rotatable bonds is 6. The summed E-state index contributed by atoms with van der Waals surface area (Å²) in [7, 11) is 0. The second-order valence-electron chi connectivity index (χ2n) is 7.40. The summed E-state index contributed by atoms with van der Waals surface area (Å²) < 4.78 is 13.8. The van der Waals surface area contributed by atoms with Gasteiger partial charge in [-0.05, 0) is 23.6 Å². The molecule has 3 aromatic rings. The van der Waals surface area contributed by atoms with Gasteiger partial charge in [0.05, 0.1) is 17.5 Å². The molecule has 6 N–H and O–H groups in total. The third-order valence-electron chi connectivity index (χ3n) is 5.11. The number of nitrogens with one attached hydrogen (secondary N) is 4.